The number of amides is 1. The van der Waals surface area contributed by atoms with Gasteiger partial charge in [-0.2, -0.15) is 0 Å². The molecule has 1 rings (SSSR count). The second kappa shape index (κ2) is 7.41. The predicted molar refractivity (Wildman–Crippen MR) is 82.8 cm³/mol. The lowest BCUT2D eigenvalue weighted by molar-refractivity contribution is -0.124. The van der Waals surface area contributed by atoms with E-state index in [9.17, 15) is 4.79 Å². The van der Waals surface area contributed by atoms with Gasteiger partial charge in [0.1, 0.15) is 0 Å². The number of hydrogen-bond acceptors (Lipinski definition) is 3. The summed E-state index contributed by atoms with van der Waals surface area (Å²) in [6, 6.07) is 0. The fraction of sp³-hybridized carbons (Fsp3) is 0.938. The van der Waals surface area contributed by atoms with Gasteiger partial charge in [-0.25, -0.2) is 0 Å². The van der Waals surface area contributed by atoms with Crippen molar-refractivity contribution in [2.75, 3.05) is 19.7 Å². The molecule has 0 atom stereocenters. The van der Waals surface area contributed by atoms with Crippen LogP contribution < -0.4 is 10.6 Å². The molecule has 1 fully saturated rings. The van der Waals surface area contributed by atoms with Crippen LogP contribution in [0.4, 0.5) is 0 Å². The average Bonchev–Trinajstić information content (AvgIpc) is 2.26. The monoisotopic (exact) mass is 284 g/mol. The topological polar surface area (TPSA) is 50.4 Å². The summed E-state index contributed by atoms with van der Waals surface area (Å²) in [6.07, 6.45) is 3.85. The van der Waals surface area contributed by atoms with Crippen LogP contribution >= 0.6 is 0 Å². The predicted octanol–water partition coefficient (Wildman–Crippen LogP) is 2.48. The maximum absolute atomic E-state index is 12.0. The van der Waals surface area contributed by atoms with Crippen LogP contribution in [0, 0.1) is 5.41 Å². The van der Waals surface area contributed by atoms with Crippen molar-refractivity contribution in [2.24, 2.45) is 5.41 Å². The summed E-state index contributed by atoms with van der Waals surface area (Å²) in [5.74, 6) is 0.0909. The summed E-state index contributed by atoms with van der Waals surface area (Å²) in [5.41, 5.74) is 0.0481. The summed E-state index contributed by atoms with van der Waals surface area (Å²) in [7, 11) is 0. The molecule has 2 N–H and O–H groups in total. The highest BCUT2D eigenvalue weighted by Crippen LogP contribution is 2.26. The summed E-state index contributed by atoms with van der Waals surface area (Å²) in [5, 5.41) is 6.43. The summed E-state index contributed by atoms with van der Waals surface area (Å²) in [6.45, 7) is 13.3. The maximum Gasteiger partial charge on any atom is 0.222 e. The molecule has 1 aliphatic rings. The molecule has 0 aromatic carbocycles. The number of hydrogen-bond donors (Lipinski definition) is 2. The van der Waals surface area contributed by atoms with Crippen molar-refractivity contribution in [1.82, 2.24) is 10.6 Å². The number of ether oxygens (including phenoxy) is 1. The lowest BCUT2D eigenvalue weighted by Crippen LogP contribution is -2.46. The van der Waals surface area contributed by atoms with Crippen molar-refractivity contribution in [3.8, 4) is 0 Å². The van der Waals surface area contributed by atoms with E-state index >= 15 is 0 Å². The number of nitrogens with one attached hydrogen (secondary N) is 2. The molecule has 1 amide bonds. The van der Waals surface area contributed by atoms with Crippen molar-refractivity contribution < 1.29 is 9.53 Å². The zero-order valence-electron chi connectivity index (χ0n) is 13.8. The van der Waals surface area contributed by atoms with Crippen LogP contribution in [-0.4, -0.2) is 37.2 Å². The first-order valence-electron chi connectivity index (χ1n) is 7.81. The molecule has 0 unspecified atom stereocenters. The Morgan fingerprint density at radius 3 is 2.35 bits per heavy atom. The Hall–Kier alpha value is -0.610. The molecule has 1 heterocycles. The van der Waals surface area contributed by atoms with Gasteiger partial charge in [-0.15, -0.1) is 0 Å². The fourth-order valence-corrected chi connectivity index (χ4v) is 3.09. The second-order valence-electron chi connectivity index (χ2n) is 7.74. The minimum Gasteiger partial charge on any atom is -0.378 e. The Labute approximate surface area is 124 Å². The van der Waals surface area contributed by atoms with E-state index in [0.29, 0.717) is 19.1 Å². The first kappa shape index (κ1) is 17.4. The quantitative estimate of drug-likeness (QED) is 0.788. The SMILES string of the molecule is CC(C)(C)CC(C)(C)NC(=O)CCOC1CCNCC1. The van der Waals surface area contributed by atoms with Gasteiger partial charge in [-0.3, -0.25) is 4.79 Å². The molecule has 0 saturated carbocycles. The Morgan fingerprint density at radius 2 is 1.80 bits per heavy atom. The van der Waals surface area contributed by atoms with Crippen LogP contribution in [0.3, 0.4) is 0 Å². The van der Waals surface area contributed by atoms with Gasteiger partial charge < -0.3 is 15.4 Å². The van der Waals surface area contributed by atoms with E-state index in [-0.39, 0.29) is 16.9 Å². The van der Waals surface area contributed by atoms with Crippen molar-refractivity contribution in [3.05, 3.63) is 0 Å². The molecule has 0 bridgehead atoms. The highest BCUT2D eigenvalue weighted by molar-refractivity contribution is 5.76. The lowest BCUT2D eigenvalue weighted by atomic mass is 9.82. The van der Waals surface area contributed by atoms with Gasteiger partial charge in [0.05, 0.1) is 12.7 Å². The van der Waals surface area contributed by atoms with Crippen molar-refractivity contribution >= 4 is 5.91 Å². The van der Waals surface area contributed by atoms with Crippen LogP contribution in [0.1, 0.15) is 60.3 Å². The summed E-state index contributed by atoms with van der Waals surface area (Å²) < 4.78 is 5.77. The molecule has 0 aromatic rings. The third-order valence-electron chi connectivity index (χ3n) is 3.42. The zero-order chi connectivity index (χ0) is 15.2. The smallest absolute Gasteiger partial charge is 0.222 e. The molecule has 20 heavy (non-hydrogen) atoms. The lowest BCUT2D eigenvalue weighted by Gasteiger charge is -2.33. The molecule has 1 saturated heterocycles. The highest BCUT2D eigenvalue weighted by atomic mass is 16.5. The van der Waals surface area contributed by atoms with Crippen LogP contribution in [0.15, 0.2) is 0 Å². The third kappa shape index (κ3) is 7.85. The van der Waals surface area contributed by atoms with E-state index in [0.717, 1.165) is 32.4 Å². The van der Waals surface area contributed by atoms with Crippen LogP contribution in [0.2, 0.25) is 0 Å². The van der Waals surface area contributed by atoms with Crippen LogP contribution in [0.25, 0.3) is 0 Å². The van der Waals surface area contributed by atoms with Crippen molar-refractivity contribution in [1.29, 1.82) is 0 Å². The molecule has 118 valence electrons. The van der Waals surface area contributed by atoms with E-state index in [1.807, 2.05) is 0 Å². The maximum atomic E-state index is 12.0. The molecular formula is C16H32N2O2. The molecule has 0 aromatic heterocycles. The fourth-order valence-electron chi connectivity index (χ4n) is 3.09. The zero-order valence-corrected chi connectivity index (χ0v) is 13.8. The molecule has 0 spiro atoms. The first-order chi connectivity index (χ1) is 9.18. The van der Waals surface area contributed by atoms with E-state index in [2.05, 4.69) is 45.3 Å². The van der Waals surface area contributed by atoms with Gasteiger partial charge >= 0.3 is 0 Å². The van der Waals surface area contributed by atoms with Gasteiger partial charge in [0.15, 0.2) is 0 Å². The third-order valence-corrected chi connectivity index (χ3v) is 3.42. The normalized spacial score (nSPS) is 18.1. The summed E-state index contributed by atoms with van der Waals surface area (Å²) in [4.78, 5) is 12.0. The average molecular weight is 284 g/mol. The highest BCUT2D eigenvalue weighted by Gasteiger charge is 2.26. The standard InChI is InChI=1S/C16H32N2O2/c1-15(2,3)12-16(4,5)18-14(19)8-11-20-13-6-9-17-10-7-13/h13,17H,6-12H2,1-5H3,(H,18,19). The number of carbonyl (C=O) groups excluding carboxylic acids is 1. The van der Waals surface area contributed by atoms with Gasteiger partial charge in [0, 0.05) is 12.0 Å². The Kier molecular flexibility index (Phi) is 6.46. The van der Waals surface area contributed by atoms with E-state index in [1.54, 1.807) is 0 Å². The minimum absolute atomic E-state index is 0.0909. The summed E-state index contributed by atoms with van der Waals surface area (Å²) >= 11 is 0. The van der Waals surface area contributed by atoms with Crippen molar-refractivity contribution in [3.63, 3.8) is 0 Å². The van der Waals surface area contributed by atoms with Crippen LogP contribution in [-0.2, 0) is 9.53 Å². The molecular weight excluding hydrogens is 252 g/mol. The Morgan fingerprint density at radius 1 is 1.20 bits per heavy atom. The molecule has 0 radical (unpaired) electrons. The van der Waals surface area contributed by atoms with E-state index in [1.165, 1.54) is 0 Å². The molecule has 1 aliphatic heterocycles. The van der Waals surface area contributed by atoms with Gasteiger partial charge in [0.25, 0.3) is 0 Å². The van der Waals surface area contributed by atoms with E-state index < -0.39 is 0 Å². The number of rotatable bonds is 6. The second-order valence-corrected chi connectivity index (χ2v) is 7.74. The van der Waals surface area contributed by atoms with E-state index in [4.69, 9.17) is 4.74 Å². The van der Waals surface area contributed by atoms with Crippen molar-refractivity contribution in [2.45, 2.75) is 71.9 Å². The van der Waals surface area contributed by atoms with Gasteiger partial charge in [-0.1, -0.05) is 20.8 Å². The Bertz CT molecular complexity index is 302. The van der Waals surface area contributed by atoms with Crippen LogP contribution in [0.5, 0.6) is 0 Å². The molecule has 4 heteroatoms. The first-order valence-corrected chi connectivity index (χ1v) is 7.81. The molecule has 0 aliphatic carbocycles. The largest absolute Gasteiger partial charge is 0.378 e. The van der Waals surface area contributed by atoms with Gasteiger partial charge in [-0.05, 0) is 51.6 Å². The Balaban J connectivity index is 2.22. The van der Waals surface area contributed by atoms with Gasteiger partial charge in [0.2, 0.25) is 5.91 Å². The number of piperidine rings is 1. The minimum atomic E-state index is -0.163. The number of carbonyl (C=O) groups is 1. The molecule has 4 nitrogen and oxygen atoms in total.